The van der Waals surface area contributed by atoms with E-state index in [4.69, 9.17) is 9.72 Å². The first-order chi connectivity index (χ1) is 14.3. The van der Waals surface area contributed by atoms with Crippen LogP contribution in [0.25, 0.3) is 11.4 Å². The number of methoxy groups -OCH3 is 1. The minimum atomic E-state index is 0.800. The second kappa shape index (κ2) is 10.5. The van der Waals surface area contributed by atoms with Crippen LogP contribution in [-0.4, -0.2) is 51.6 Å². The van der Waals surface area contributed by atoms with Crippen molar-refractivity contribution in [2.45, 2.75) is 81.4 Å². The van der Waals surface area contributed by atoms with E-state index in [0.29, 0.717) is 0 Å². The monoisotopic (exact) mass is 414 g/mol. The average molecular weight is 415 g/mol. The highest BCUT2D eigenvalue weighted by atomic mass is 32.2. The Labute approximate surface area is 179 Å². The van der Waals surface area contributed by atoms with E-state index < -0.39 is 0 Å². The molecule has 0 amide bonds. The molecule has 0 spiro atoms. The van der Waals surface area contributed by atoms with Crippen LogP contribution in [-0.2, 0) is 0 Å². The van der Waals surface area contributed by atoms with Crippen molar-refractivity contribution in [1.29, 1.82) is 0 Å². The van der Waals surface area contributed by atoms with Crippen molar-refractivity contribution in [3.63, 3.8) is 0 Å². The maximum atomic E-state index is 5.23. The number of aromatic nitrogens is 3. The minimum absolute atomic E-state index is 0.800. The highest BCUT2D eigenvalue weighted by Crippen LogP contribution is 2.31. The second-order valence-corrected chi connectivity index (χ2v) is 9.43. The Morgan fingerprint density at radius 1 is 0.966 bits per heavy atom. The lowest BCUT2D eigenvalue weighted by atomic mass is 9.89. The Kier molecular flexibility index (Phi) is 7.49. The van der Waals surface area contributed by atoms with Crippen LogP contribution < -0.4 is 4.74 Å². The Morgan fingerprint density at radius 2 is 1.59 bits per heavy atom. The Balaban J connectivity index is 1.33. The number of nitrogens with zero attached hydrogens (tertiary/aromatic N) is 3. The van der Waals surface area contributed by atoms with Crippen molar-refractivity contribution >= 4 is 11.8 Å². The van der Waals surface area contributed by atoms with Crippen LogP contribution in [0.1, 0.15) is 64.2 Å². The van der Waals surface area contributed by atoms with E-state index in [0.717, 1.165) is 46.7 Å². The zero-order valence-electron chi connectivity index (χ0n) is 17.6. The van der Waals surface area contributed by atoms with Crippen LogP contribution in [0, 0.1) is 0 Å². The number of nitrogens with one attached hydrogen (secondary N) is 1. The smallest absolute Gasteiger partial charge is 0.208 e. The highest BCUT2D eigenvalue weighted by molar-refractivity contribution is 7.99. The number of thioether (sulfide) groups is 1. The summed E-state index contributed by atoms with van der Waals surface area (Å²) < 4.78 is 5.23. The third kappa shape index (κ3) is 5.54. The summed E-state index contributed by atoms with van der Waals surface area (Å²) >= 11 is 1.78. The Morgan fingerprint density at radius 3 is 2.17 bits per heavy atom. The lowest BCUT2D eigenvalue weighted by Gasteiger charge is -2.41. The zero-order chi connectivity index (χ0) is 19.9. The van der Waals surface area contributed by atoms with Crippen LogP contribution >= 0.6 is 11.8 Å². The fourth-order valence-corrected chi connectivity index (χ4v) is 5.67. The van der Waals surface area contributed by atoms with Gasteiger partial charge in [-0.1, -0.05) is 50.3 Å². The van der Waals surface area contributed by atoms with Gasteiger partial charge in [-0.2, -0.15) is 0 Å². The van der Waals surface area contributed by atoms with Crippen LogP contribution in [0.4, 0.5) is 0 Å². The van der Waals surface area contributed by atoms with Crippen LogP contribution in [0.3, 0.4) is 0 Å². The van der Waals surface area contributed by atoms with E-state index in [-0.39, 0.29) is 0 Å². The quantitative estimate of drug-likeness (QED) is 0.575. The van der Waals surface area contributed by atoms with Gasteiger partial charge in [0.15, 0.2) is 5.82 Å². The molecule has 5 nitrogen and oxygen atoms in total. The van der Waals surface area contributed by atoms with Crippen molar-refractivity contribution < 1.29 is 4.74 Å². The molecule has 2 aliphatic carbocycles. The number of ether oxygens (including phenoxy) is 1. The molecule has 0 radical (unpaired) electrons. The molecular formula is C23H34N4OS. The molecule has 0 aliphatic heterocycles. The first-order valence-corrected chi connectivity index (χ1v) is 12.3. The van der Waals surface area contributed by atoms with Gasteiger partial charge in [-0.25, -0.2) is 4.98 Å². The van der Waals surface area contributed by atoms with Gasteiger partial charge >= 0.3 is 0 Å². The van der Waals surface area contributed by atoms with Gasteiger partial charge in [-0.3, -0.25) is 10.00 Å². The maximum absolute atomic E-state index is 5.23. The average Bonchev–Trinajstić information content (AvgIpc) is 3.27. The van der Waals surface area contributed by atoms with E-state index in [1.165, 1.54) is 64.2 Å². The summed E-state index contributed by atoms with van der Waals surface area (Å²) in [7, 11) is 1.68. The normalized spacial score (nSPS) is 19.0. The molecule has 0 unspecified atom stereocenters. The molecule has 1 aromatic heterocycles. The van der Waals surface area contributed by atoms with Gasteiger partial charge < -0.3 is 4.74 Å². The molecule has 2 aliphatic rings. The maximum Gasteiger partial charge on any atom is 0.208 e. The molecule has 1 N–H and O–H groups in total. The molecular weight excluding hydrogens is 380 g/mol. The van der Waals surface area contributed by atoms with E-state index in [9.17, 15) is 0 Å². The van der Waals surface area contributed by atoms with Crippen molar-refractivity contribution in [1.82, 2.24) is 20.1 Å². The third-order valence-corrected chi connectivity index (χ3v) is 7.32. The first-order valence-electron chi connectivity index (χ1n) is 11.3. The fraction of sp³-hybridized carbons (Fsp3) is 0.652. The van der Waals surface area contributed by atoms with Crippen LogP contribution in [0.15, 0.2) is 29.4 Å². The Hall–Kier alpha value is -1.53. The summed E-state index contributed by atoms with van der Waals surface area (Å²) in [5.74, 6) is 2.74. The summed E-state index contributed by atoms with van der Waals surface area (Å²) in [4.78, 5) is 7.56. The van der Waals surface area contributed by atoms with Gasteiger partial charge in [0.1, 0.15) is 5.75 Å². The summed E-state index contributed by atoms with van der Waals surface area (Å²) in [6, 6.07) is 9.54. The molecule has 1 heterocycles. The lowest BCUT2D eigenvalue weighted by Crippen LogP contribution is -2.46. The molecule has 2 saturated carbocycles. The molecule has 2 aromatic rings. The van der Waals surface area contributed by atoms with E-state index in [1.807, 2.05) is 24.3 Å². The third-order valence-electron chi connectivity index (χ3n) is 6.50. The second-order valence-electron chi connectivity index (χ2n) is 8.37. The molecule has 0 saturated heterocycles. The lowest BCUT2D eigenvalue weighted by molar-refractivity contribution is 0.0881. The largest absolute Gasteiger partial charge is 0.497 e. The molecule has 0 atom stereocenters. The van der Waals surface area contributed by atoms with Gasteiger partial charge in [0.25, 0.3) is 0 Å². The predicted molar refractivity (Wildman–Crippen MR) is 120 cm³/mol. The molecule has 1 aromatic carbocycles. The van der Waals surface area contributed by atoms with Crippen molar-refractivity contribution in [3.8, 4) is 17.1 Å². The summed E-state index contributed by atoms with van der Waals surface area (Å²) in [5.41, 5.74) is 1.04. The zero-order valence-corrected chi connectivity index (χ0v) is 18.4. The number of H-pyrrole nitrogens is 1. The SMILES string of the molecule is COc1ccc(-c2nc(SCCN(C3CCCCC3)C3CCCCC3)n[nH]2)cc1. The number of hydrogen-bond donors (Lipinski definition) is 1. The summed E-state index contributed by atoms with van der Waals surface area (Å²) in [6.45, 7) is 1.16. The summed E-state index contributed by atoms with van der Waals surface area (Å²) in [5, 5.41) is 8.37. The Bertz CT molecular complexity index is 718. The molecule has 29 heavy (non-hydrogen) atoms. The molecule has 0 bridgehead atoms. The topological polar surface area (TPSA) is 54.0 Å². The minimum Gasteiger partial charge on any atom is -0.497 e. The number of hydrogen-bond acceptors (Lipinski definition) is 5. The van der Waals surface area contributed by atoms with Crippen LogP contribution in [0.5, 0.6) is 5.75 Å². The molecule has 2 fully saturated rings. The van der Waals surface area contributed by atoms with Crippen molar-refractivity contribution in [3.05, 3.63) is 24.3 Å². The van der Waals surface area contributed by atoms with Gasteiger partial charge in [0.05, 0.1) is 7.11 Å². The molecule has 6 heteroatoms. The van der Waals surface area contributed by atoms with Gasteiger partial charge in [-0.15, -0.1) is 5.10 Å². The first kappa shape index (κ1) is 20.7. The predicted octanol–water partition coefficient (Wildman–Crippen LogP) is 5.54. The van der Waals surface area contributed by atoms with Gasteiger partial charge in [0, 0.05) is 29.9 Å². The fourth-order valence-electron chi connectivity index (χ4n) is 4.92. The van der Waals surface area contributed by atoms with Gasteiger partial charge in [-0.05, 0) is 49.9 Å². The standard InChI is InChI=1S/C23H34N4OS/c1-28-21-14-12-18(13-15-21)22-24-23(26-25-22)29-17-16-27(19-8-4-2-5-9-19)20-10-6-3-7-11-20/h12-15,19-20H,2-11,16-17H2,1H3,(H,24,25,26). The molecule has 158 valence electrons. The summed E-state index contributed by atoms with van der Waals surface area (Å²) in [6.07, 6.45) is 14.1. The van der Waals surface area contributed by atoms with Crippen molar-refractivity contribution in [2.24, 2.45) is 0 Å². The molecule has 4 rings (SSSR count). The number of aromatic amines is 1. The van der Waals surface area contributed by atoms with E-state index in [1.54, 1.807) is 18.9 Å². The van der Waals surface area contributed by atoms with E-state index in [2.05, 4.69) is 15.1 Å². The van der Waals surface area contributed by atoms with Gasteiger partial charge in [0.2, 0.25) is 5.16 Å². The van der Waals surface area contributed by atoms with E-state index >= 15 is 0 Å². The highest BCUT2D eigenvalue weighted by Gasteiger charge is 2.28. The van der Waals surface area contributed by atoms with Crippen LogP contribution in [0.2, 0.25) is 0 Å². The number of rotatable bonds is 8. The van der Waals surface area contributed by atoms with Crippen molar-refractivity contribution in [2.75, 3.05) is 19.4 Å². The number of benzene rings is 1.